The fourth-order valence-electron chi connectivity index (χ4n) is 2.21. The van der Waals surface area contributed by atoms with Crippen LogP contribution >= 0.6 is 22.9 Å². The van der Waals surface area contributed by atoms with Crippen molar-refractivity contribution in [2.45, 2.75) is 12.8 Å². The molecule has 1 saturated heterocycles. The van der Waals surface area contributed by atoms with Crippen LogP contribution in [-0.4, -0.2) is 60.9 Å². The Morgan fingerprint density at radius 3 is 2.32 bits per heavy atom. The third kappa shape index (κ3) is 4.20. The smallest absolute Gasteiger partial charge is 0.306 e. The summed E-state index contributed by atoms with van der Waals surface area (Å²) in [5.41, 5.74) is 0. The first-order chi connectivity index (χ1) is 10.5. The van der Waals surface area contributed by atoms with Crippen LogP contribution in [0, 0.1) is 0 Å². The van der Waals surface area contributed by atoms with Gasteiger partial charge in [-0.2, -0.15) is 0 Å². The fraction of sp³-hybridized carbons (Fsp3) is 0.500. The van der Waals surface area contributed by atoms with Crippen molar-refractivity contribution in [2.24, 2.45) is 0 Å². The molecule has 0 bridgehead atoms. The molecule has 22 heavy (non-hydrogen) atoms. The minimum Gasteiger partial charge on any atom is -0.469 e. The highest BCUT2D eigenvalue weighted by molar-refractivity contribution is 7.17. The summed E-state index contributed by atoms with van der Waals surface area (Å²) < 4.78 is 5.10. The summed E-state index contributed by atoms with van der Waals surface area (Å²) in [4.78, 5) is 39.3. The van der Waals surface area contributed by atoms with Crippen LogP contribution in [0.15, 0.2) is 12.1 Å². The van der Waals surface area contributed by atoms with Crippen molar-refractivity contribution in [3.63, 3.8) is 0 Å². The molecule has 1 aliphatic heterocycles. The molecule has 2 heterocycles. The minimum absolute atomic E-state index is 0.0569. The van der Waals surface area contributed by atoms with Gasteiger partial charge in [-0.25, -0.2) is 0 Å². The molecule has 0 atom stereocenters. The number of piperazine rings is 1. The van der Waals surface area contributed by atoms with Gasteiger partial charge in [0.25, 0.3) is 5.91 Å². The largest absolute Gasteiger partial charge is 0.469 e. The number of carbonyl (C=O) groups is 3. The lowest BCUT2D eigenvalue weighted by molar-refractivity contribution is -0.143. The summed E-state index contributed by atoms with van der Waals surface area (Å²) in [5.74, 6) is -0.535. The average molecular weight is 345 g/mol. The van der Waals surface area contributed by atoms with Crippen molar-refractivity contribution in [1.82, 2.24) is 9.80 Å². The highest BCUT2D eigenvalue weighted by Gasteiger charge is 2.25. The van der Waals surface area contributed by atoms with E-state index in [4.69, 9.17) is 11.6 Å². The van der Waals surface area contributed by atoms with Crippen LogP contribution in [0.4, 0.5) is 0 Å². The number of hydrogen-bond donors (Lipinski definition) is 0. The van der Waals surface area contributed by atoms with Gasteiger partial charge in [0.1, 0.15) is 0 Å². The molecule has 0 spiro atoms. The molecule has 1 aliphatic rings. The van der Waals surface area contributed by atoms with Gasteiger partial charge in [0.2, 0.25) is 5.91 Å². The number of halogens is 1. The van der Waals surface area contributed by atoms with E-state index in [0.717, 1.165) is 0 Å². The summed E-state index contributed by atoms with van der Waals surface area (Å²) in [6, 6.07) is 3.41. The van der Waals surface area contributed by atoms with E-state index < -0.39 is 5.97 Å². The van der Waals surface area contributed by atoms with Gasteiger partial charge in [-0.05, 0) is 12.1 Å². The van der Waals surface area contributed by atoms with Crippen molar-refractivity contribution in [3.05, 3.63) is 21.3 Å². The lowest BCUT2D eigenvalue weighted by atomic mass is 10.2. The van der Waals surface area contributed by atoms with E-state index >= 15 is 0 Å². The molecule has 1 aromatic rings. The van der Waals surface area contributed by atoms with Gasteiger partial charge in [0.05, 0.1) is 22.7 Å². The van der Waals surface area contributed by atoms with Crippen molar-refractivity contribution in [1.29, 1.82) is 0 Å². The summed E-state index contributed by atoms with van der Waals surface area (Å²) in [6.07, 6.45) is 0.226. The van der Waals surface area contributed by atoms with Gasteiger partial charge in [-0.3, -0.25) is 14.4 Å². The highest BCUT2D eigenvalue weighted by atomic mass is 35.5. The quantitative estimate of drug-likeness (QED) is 0.779. The number of hydrogen-bond acceptors (Lipinski definition) is 5. The molecule has 0 aliphatic carbocycles. The van der Waals surface area contributed by atoms with E-state index in [1.165, 1.54) is 18.4 Å². The predicted molar refractivity (Wildman–Crippen MR) is 83.1 cm³/mol. The topological polar surface area (TPSA) is 66.9 Å². The van der Waals surface area contributed by atoms with Gasteiger partial charge >= 0.3 is 5.97 Å². The molecule has 8 heteroatoms. The predicted octanol–water partition coefficient (Wildman–Crippen LogP) is 1.64. The zero-order chi connectivity index (χ0) is 16.1. The number of esters is 1. The highest BCUT2D eigenvalue weighted by Crippen LogP contribution is 2.23. The zero-order valence-electron chi connectivity index (χ0n) is 12.2. The summed E-state index contributed by atoms with van der Waals surface area (Å²) in [6.45, 7) is 1.92. The molecule has 120 valence electrons. The Kier molecular flexibility index (Phi) is 5.79. The molecule has 0 aromatic carbocycles. The summed E-state index contributed by atoms with van der Waals surface area (Å²) in [5, 5.41) is 0. The maximum absolute atomic E-state index is 12.3. The lowest BCUT2D eigenvalue weighted by Crippen LogP contribution is -2.50. The first-order valence-corrected chi connectivity index (χ1v) is 8.10. The van der Waals surface area contributed by atoms with Crippen molar-refractivity contribution < 1.29 is 19.1 Å². The second kappa shape index (κ2) is 7.60. The number of rotatable bonds is 4. The fourth-order valence-corrected chi connectivity index (χ4v) is 3.22. The molecule has 6 nitrogen and oxygen atoms in total. The van der Waals surface area contributed by atoms with Crippen molar-refractivity contribution in [2.75, 3.05) is 33.3 Å². The number of ether oxygens (including phenoxy) is 1. The Labute approximate surface area is 137 Å². The van der Waals surface area contributed by atoms with Crippen LogP contribution < -0.4 is 0 Å². The molecular weight excluding hydrogens is 328 g/mol. The lowest BCUT2D eigenvalue weighted by Gasteiger charge is -2.34. The van der Waals surface area contributed by atoms with Gasteiger partial charge in [-0.15, -0.1) is 11.3 Å². The first kappa shape index (κ1) is 16.8. The van der Waals surface area contributed by atoms with Gasteiger partial charge in [0.15, 0.2) is 0 Å². The number of thiophene rings is 1. The maximum Gasteiger partial charge on any atom is 0.306 e. The second-order valence-electron chi connectivity index (χ2n) is 4.85. The van der Waals surface area contributed by atoms with E-state index in [-0.39, 0.29) is 24.7 Å². The van der Waals surface area contributed by atoms with Crippen LogP contribution in [-0.2, 0) is 14.3 Å². The Morgan fingerprint density at radius 2 is 1.77 bits per heavy atom. The Morgan fingerprint density at radius 1 is 1.14 bits per heavy atom. The zero-order valence-corrected chi connectivity index (χ0v) is 13.8. The number of nitrogens with zero attached hydrogens (tertiary/aromatic N) is 2. The van der Waals surface area contributed by atoms with Crippen LogP contribution in [0.3, 0.4) is 0 Å². The maximum atomic E-state index is 12.3. The molecule has 2 rings (SSSR count). The van der Waals surface area contributed by atoms with Gasteiger partial charge in [-0.1, -0.05) is 11.6 Å². The molecule has 2 amide bonds. The van der Waals surface area contributed by atoms with E-state index in [9.17, 15) is 14.4 Å². The van der Waals surface area contributed by atoms with E-state index in [0.29, 0.717) is 35.4 Å². The van der Waals surface area contributed by atoms with E-state index in [1.54, 1.807) is 21.9 Å². The Bertz CT molecular complexity index is 567. The van der Waals surface area contributed by atoms with E-state index in [1.807, 2.05) is 0 Å². The Balaban J connectivity index is 1.81. The summed E-state index contributed by atoms with van der Waals surface area (Å²) in [7, 11) is 1.30. The monoisotopic (exact) mass is 344 g/mol. The molecule has 0 unspecified atom stereocenters. The third-order valence-electron chi connectivity index (χ3n) is 3.47. The van der Waals surface area contributed by atoms with Gasteiger partial charge in [0, 0.05) is 32.6 Å². The summed E-state index contributed by atoms with van der Waals surface area (Å²) >= 11 is 7.09. The number of amides is 2. The van der Waals surface area contributed by atoms with E-state index in [2.05, 4.69) is 4.74 Å². The van der Waals surface area contributed by atoms with Crippen molar-refractivity contribution >= 4 is 40.7 Å². The van der Waals surface area contributed by atoms with Crippen molar-refractivity contribution in [3.8, 4) is 0 Å². The third-order valence-corrected chi connectivity index (χ3v) is 4.69. The van der Waals surface area contributed by atoms with Crippen LogP contribution in [0.2, 0.25) is 4.34 Å². The number of methoxy groups -OCH3 is 1. The Hall–Kier alpha value is -1.60. The van der Waals surface area contributed by atoms with Crippen LogP contribution in [0.5, 0.6) is 0 Å². The molecule has 0 radical (unpaired) electrons. The number of carbonyl (C=O) groups excluding carboxylic acids is 3. The normalized spacial score (nSPS) is 14.8. The molecular formula is C14H17ClN2O4S. The van der Waals surface area contributed by atoms with Crippen LogP contribution in [0.25, 0.3) is 0 Å². The first-order valence-electron chi connectivity index (χ1n) is 6.90. The molecule has 0 N–H and O–H groups in total. The average Bonchev–Trinajstić information content (AvgIpc) is 2.98. The standard InChI is InChI=1S/C14H17ClN2O4S/c1-21-13(19)5-4-12(18)16-6-8-17(9-7-16)14(20)10-2-3-11(15)22-10/h2-3H,4-9H2,1H3. The molecule has 1 fully saturated rings. The second-order valence-corrected chi connectivity index (χ2v) is 6.57. The molecule has 0 saturated carbocycles. The van der Waals surface area contributed by atoms with Crippen LogP contribution in [0.1, 0.15) is 22.5 Å². The SMILES string of the molecule is COC(=O)CCC(=O)N1CCN(C(=O)c2ccc(Cl)s2)CC1. The molecule has 1 aromatic heterocycles. The minimum atomic E-state index is -0.392. The van der Waals surface area contributed by atoms with Gasteiger partial charge < -0.3 is 14.5 Å².